The molecule has 1 aromatic heterocycles. The van der Waals surface area contributed by atoms with Crippen molar-refractivity contribution in [2.45, 2.75) is 25.7 Å². The van der Waals surface area contributed by atoms with Gasteiger partial charge in [0.1, 0.15) is 0 Å². The molecule has 2 N–H and O–H groups in total. The lowest BCUT2D eigenvalue weighted by Gasteiger charge is -2.22. The van der Waals surface area contributed by atoms with E-state index in [1.165, 1.54) is 19.3 Å². The molecule has 2 rings (SSSR count). The molecule has 0 bridgehead atoms. The highest BCUT2D eigenvalue weighted by Gasteiger charge is 2.20. The first-order valence-electron chi connectivity index (χ1n) is 3.92. The van der Waals surface area contributed by atoms with Crippen LogP contribution in [-0.2, 0) is 6.42 Å². The van der Waals surface area contributed by atoms with Crippen molar-refractivity contribution in [2.75, 3.05) is 5.73 Å². The maximum atomic E-state index is 5.30. The normalized spacial score (nSPS) is 18.2. The number of nitrogens with zero attached hydrogens (tertiary/aromatic N) is 2. The molecule has 11 heavy (non-hydrogen) atoms. The standard InChI is InChI=1S/C7H11N3O/c8-7-9-6(11-10-7)4-5-2-1-3-5/h5H,1-4H2,(H2,8,10). The van der Waals surface area contributed by atoms with E-state index < -0.39 is 0 Å². The lowest BCUT2D eigenvalue weighted by Crippen LogP contribution is -2.13. The van der Waals surface area contributed by atoms with Crippen LogP contribution in [0.3, 0.4) is 0 Å². The Morgan fingerprint density at radius 3 is 2.82 bits per heavy atom. The van der Waals surface area contributed by atoms with Gasteiger partial charge in [0, 0.05) is 6.42 Å². The van der Waals surface area contributed by atoms with E-state index in [2.05, 4.69) is 10.1 Å². The number of nitrogen functional groups attached to an aromatic ring is 1. The summed E-state index contributed by atoms with van der Waals surface area (Å²) in [6, 6.07) is 0. The second kappa shape index (κ2) is 2.53. The summed E-state index contributed by atoms with van der Waals surface area (Å²) in [5.41, 5.74) is 5.30. The molecule has 1 aromatic rings. The fourth-order valence-electron chi connectivity index (χ4n) is 1.29. The summed E-state index contributed by atoms with van der Waals surface area (Å²) in [7, 11) is 0. The summed E-state index contributed by atoms with van der Waals surface area (Å²) in [6.07, 6.45) is 4.84. The Balaban J connectivity index is 1.95. The van der Waals surface area contributed by atoms with Crippen LogP contribution in [0.5, 0.6) is 0 Å². The number of hydrogen-bond acceptors (Lipinski definition) is 4. The molecule has 0 radical (unpaired) electrons. The highest BCUT2D eigenvalue weighted by Crippen LogP contribution is 2.29. The van der Waals surface area contributed by atoms with E-state index in [0.717, 1.165) is 12.3 Å². The zero-order valence-electron chi connectivity index (χ0n) is 6.29. The van der Waals surface area contributed by atoms with Gasteiger partial charge in [0.05, 0.1) is 0 Å². The first-order valence-corrected chi connectivity index (χ1v) is 3.92. The summed E-state index contributed by atoms with van der Waals surface area (Å²) in [6.45, 7) is 0. The largest absolute Gasteiger partial charge is 0.365 e. The molecule has 1 heterocycles. The molecule has 1 aliphatic carbocycles. The Morgan fingerprint density at radius 2 is 2.36 bits per heavy atom. The van der Waals surface area contributed by atoms with E-state index in [9.17, 15) is 0 Å². The van der Waals surface area contributed by atoms with Crippen LogP contribution in [0.1, 0.15) is 25.2 Å². The van der Waals surface area contributed by atoms with Crippen molar-refractivity contribution in [1.82, 2.24) is 10.1 Å². The molecular weight excluding hydrogens is 142 g/mol. The average Bonchev–Trinajstić information content (AvgIpc) is 2.27. The van der Waals surface area contributed by atoms with Gasteiger partial charge in [-0.25, -0.2) is 0 Å². The Morgan fingerprint density at radius 1 is 1.55 bits per heavy atom. The molecule has 1 fully saturated rings. The molecule has 0 saturated heterocycles. The number of hydrogen-bond donors (Lipinski definition) is 1. The topological polar surface area (TPSA) is 64.9 Å². The third-order valence-electron chi connectivity index (χ3n) is 2.17. The van der Waals surface area contributed by atoms with Gasteiger partial charge in [-0.05, 0) is 23.9 Å². The molecule has 0 amide bonds. The van der Waals surface area contributed by atoms with Gasteiger partial charge < -0.3 is 10.3 Å². The molecule has 0 spiro atoms. The van der Waals surface area contributed by atoms with Gasteiger partial charge in [0.2, 0.25) is 5.89 Å². The maximum Gasteiger partial charge on any atom is 0.260 e. The smallest absolute Gasteiger partial charge is 0.260 e. The third-order valence-corrected chi connectivity index (χ3v) is 2.17. The highest BCUT2D eigenvalue weighted by atomic mass is 16.5. The Hall–Kier alpha value is -1.06. The van der Waals surface area contributed by atoms with Crippen molar-refractivity contribution in [2.24, 2.45) is 5.92 Å². The number of aromatic nitrogens is 2. The first-order chi connectivity index (χ1) is 5.34. The summed E-state index contributed by atoms with van der Waals surface area (Å²) in [4.78, 5) is 3.93. The lowest BCUT2D eigenvalue weighted by atomic mass is 9.83. The van der Waals surface area contributed by atoms with Gasteiger partial charge in [-0.3, -0.25) is 0 Å². The SMILES string of the molecule is Nc1noc(CC2CCC2)n1. The quantitative estimate of drug-likeness (QED) is 0.688. The molecule has 4 nitrogen and oxygen atoms in total. The molecule has 0 aromatic carbocycles. The van der Waals surface area contributed by atoms with Crippen LogP contribution in [-0.4, -0.2) is 10.1 Å². The molecule has 0 unspecified atom stereocenters. The predicted molar refractivity (Wildman–Crippen MR) is 39.8 cm³/mol. The zero-order valence-corrected chi connectivity index (χ0v) is 6.29. The van der Waals surface area contributed by atoms with Crippen LogP contribution >= 0.6 is 0 Å². The fraction of sp³-hybridized carbons (Fsp3) is 0.714. The van der Waals surface area contributed by atoms with Crippen LogP contribution in [0.25, 0.3) is 0 Å². The minimum atomic E-state index is 0.249. The number of anilines is 1. The van der Waals surface area contributed by atoms with Crippen LogP contribution in [0.15, 0.2) is 4.52 Å². The summed E-state index contributed by atoms with van der Waals surface area (Å²) in [5.74, 6) is 1.70. The molecule has 60 valence electrons. The minimum Gasteiger partial charge on any atom is -0.365 e. The molecule has 1 saturated carbocycles. The summed E-state index contributed by atoms with van der Waals surface area (Å²) >= 11 is 0. The first kappa shape index (κ1) is 6.64. The second-order valence-corrected chi connectivity index (χ2v) is 3.05. The van der Waals surface area contributed by atoms with Crippen molar-refractivity contribution < 1.29 is 4.52 Å². The van der Waals surface area contributed by atoms with E-state index in [0.29, 0.717) is 5.89 Å². The minimum absolute atomic E-state index is 0.249. The molecule has 4 heteroatoms. The van der Waals surface area contributed by atoms with Crippen molar-refractivity contribution in [3.63, 3.8) is 0 Å². The number of nitrogens with two attached hydrogens (primary N) is 1. The number of rotatable bonds is 2. The van der Waals surface area contributed by atoms with Crippen LogP contribution in [0.4, 0.5) is 5.95 Å². The van der Waals surface area contributed by atoms with E-state index >= 15 is 0 Å². The van der Waals surface area contributed by atoms with E-state index in [1.54, 1.807) is 0 Å². The van der Waals surface area contributed by atoms with E-state index in [1.807, 2.05) is 0 Å². The van der Waals surface area contributed by atoms with E-state index in [-0.39, 0.29) is 5.95 Å². The molecule has 0 atom stereocenters. The zero-order chi connectivity index (χ0) is 7.68. The summed E-state index contributed by atoms with van der Waals surface area (Å²) < 4.78 is 4.88. The highest BCUT2D eigenvalue weighted by molar-refractivity contribution is 5.10. The monoisotopic (exact) mass is 153 g/mol. The van der Waals surface area contributed by atoms with Crippen LogP contribution < -0.4 is 5.73 Å². The van der Waals surface area contributed by atoms with Gasteiger partial charge in [0.15, 0.2) is 0 Å². The summed E-state index contributed by atoms with van der Waals surface area (Å²) in [5, 5.41) is 3.52. The van der Waals surface area contributed by atoms with Crippen molar-refractivity contribution in [3.05, 3.63) is 5.89 Å². The van der Waals surface area contributed by atoms with Gasteiger partial charge >= 0.3 is 0 Å². The van der Waals surface area contributed by atoms with Gasteiger partial charge in [-0.2, -0.15) is 4.98 Å². The van der Waals surface area contributed by atoms with Gasteiger partial charge in [0.25, 0.3) is 5.95 Å². The van der Waals surface area contributed by atoms with Crippen LogP contribution in [0, 0.1) is 5.92 Å². The van der Waals surface area contributed by atoms with Crippen molar-refractivity contribution in [3.8, 4) is 0 Å². The average molecular weight is 153 g/mol. The van der Waals surface area contributed by atoms with Crippen LogP contribution in [0.2, 0.25) is 0 Å². The second-order valence-electron chi connectivity index (χ2n) is 3.05. The Labute approximate surface area is 64.8 Å². The molecular formula is C7H11N3O. The van der Waals surface area contributed by atoms with Gasteiger partial charge in [-0.15, -0.1) is 0 Å². The predicted octanol–water partition coefficient (Wildman–Crippen LogP) is 0.994. The maximum absolute atomic E-state index is 5.30. The van der Waals surface area contributed by atoms with Crippen molar-refractivity contribution in [1.29, 1.82) is 0 Å². The van der Waals surface area contributed by atoms with Crippen molar-refractivity contribution >= 4 is 5.95 Å². The third kappa shape index (κ3) is 1.34. The molecule has 1 aliphatic rings. The fourth-order valence-corrected chi connectivity index (χ4v) is 1.29. The Bertz CT molecular complexity index is 242. The van der Waals surface area contributed by atoms with Gasteiger partial charge in [-0.1, -0.05) is 6.42 Å². The van der Waals surface area contributed by atoms with E-state index in [4.69, 9.17) is 10.3 Å². The lowest BCUT2D eigenvalue weighted by molar-refractivity contribution is 0.274. The molecule has 0 aliphatic heterocycles. The Kier molecular flexibility index (Phi) is 1.52.